The number of hydrazone groups is 1. The van der Waals surface area contributed by atoms with Crippen molar-refractivity contribution in [3.05, 3.63) is 87.0 Å². The van der Waals surface area contributed by atoms with Gasteiger partial charge in [0.15, 0.2) is 0 Å². The van der Waals surface area contributed by atoms with Crippen molar-refractivity contribution in [3.63, 3.8) is 0 Å². The van der Waals surface area contributed by atoms with E-state index >= 15 is 0 Å². The summed E-state index contributed by atoms with van der Waals surface area (Å²) in [5.74, 6) is 0.0979. The molecule has 3 aromatic rings. The molecule has 0 saturated heterocycles. The summed E-state index contributed by atoms with van der Waals surface area (Å²) < 4.78 is 1.90. The van der Waals surface area contributed by atoms with Crippen molar-refractivity contribution in [2.75, 3.05) is 5.01 Å². The first-order valence-electron chi connectivity index (χ1n) is 11.5. The lowest BCUT2D eigenvalue weighted by molar-refractivity contribution is 0.0990. The van der Waals surface area contributed by atoms with Gasteiger partial charge in [-0.3, -0.25) is 14.4 Å². The van der Waals surface area contributed by atoms with E-state index in [9.17, 15) is 4.79 Å². The van der Waals surface area contributed by atoms with E-state index in [2.05, 4.69) is 12.1 Å². The molecular weight excluding hydrogens is 489 g/mol. The van der Waals surface area contributed by atoms with Gasteiger partial charge in [0.2, 0.25) is 0 Å². The molecule has 3 aliphatic rings. The van der Waals surface area contributed by atoms with E-state index in [0.717, 1.165) is 47.6 Å². The molecule has 2 aromatic carbocycles. The highest BCUT2D eigenvalue weighted by Gasteiger charge is 2.38. The Bertz CT molecular complexity index is 1420. The molecule has 0 bridgehead atoms. The molecule has 1 aliphatic heterocycles. The average molecular weight is 511 g/mol. The summed E-state index contributed by atoms with van der Waals surface area (Å²) in [6.45, 7) is 0. The number of halogens is 3. The second-order valence-corrected chi connectivity index (χ2v) is 10.3. The maximum absolute atomic E-state index is 14.0. The van der Waals surface area contributed by atoms with Gasteiger partial charge in [0.05, 0.1) is 22.3 Å². The van der Waals surface area contributed by atoms with Crippen molar-refractivity contribution in [2.45, 2.75) is 38.1 Å². The average Bonchev–Trinajstić information content (AvgIpc) is 3.54. The number of nitrogens with zero attached hydrogens (tertiary/aromatic N) is 3. The summed E-state index contributed by atoms with van der Waals surface area (Å²) in [5.41, 5.74) is 4.68. The molecule has 2 aliphatic carbocycles. The van der Waals surface area contributed by atoms with E-state index in [0.29, 0.717) is 22.2 Å². The molecule has 0 spiro atoms. The first-order chi connectivity index (χ1) is 16.5. The van der Waals surface area contributed by atoms with Gasteiger partial charge < -0.3 is 0 Å². The zero-order valence-corrected chi connectivity index (χ0v) is 20.6. The smallest absolute Gasteiger partial charge is 0.278 e. The summed E-state index contributed by atoms with van der Waals surface area (Å²) in [7, 11) is 0. The van der Waals surface area contributed by atoms with E-state index in [1.807, 2.05) is 46.0 Å². The number of aryl methyl sites for hydroxylation is 1. The molecule has 0 N–H and O–H groups in total. The number of hydrogen-bond acceptors (Lipinski definition) is 3. The van der Waals surface area contributed by atoms with Crippen molar-refractivity contribution in [2.24, 2.45) is 11.0 Å². The van der Waals surface area contributed by atoms with Gasteiger partial charge >= 0.3 is 0 Å². The third kappa shape index (κ3) is 3.60. The lowest BCUT2D eigenvalue weighted by Gasteiger charge is -2.30. The van der Waals surface area contributed by atoms with E-state index < -0.39 is 0 Å². The van der Waals surface area contributed by atoms with Gasteiger partial charge in [-0.1, -0.05) is 65.2 Å². The molecule has 2 unspecified atom stereocenters. The summed E-state index contributed by atoms with van der Waals surface area (Å²) in [5, 5.41) is 9.76. The fourth-order valence-electron chi connectivity index (χ4n) is 5.48. The number of rotatable bonds is 3. The molecule has 0 saturated carbocycles. The summed E-state index contributed by atoms with van der Waals surface area (Å²) >= 11 is 18.9. The Morgan fingerprint density at radius 2 is 1.91 bits per heavy atom. The van der Waals surface area contributed by atoms with E-state index in [1.165, 1.54) is 10.9 Å². The molecule has 7 heteroatoms. The maximum atomic E-state index is 14.0. The molecule has 172 valence electrons. The number of anilines is 1. The Balaban J connectivity index is 1.43. The maximum Gasteiger partial charge on any atom is 0.278 e. The van der Waals surface area contributed by atoms with Crippen LogP contribution in [0.1, 0.15) is 35.3 Å². The second-order valence-electron chi connectivity index (χ2n) is 9.04. The van der Waals surface area contributed by atoms with Crippen LogP contribution >= 0.6 is 34.8 Å². The first-order valence-corrected chi connectivity index (χ1v) is 12.7. The third-order valence-corrected chi connectivity index (χ3v) is 7.88. The van der Waals surface area contributed by atoms with Gasteiger partial charge in [0, 0.05) is 33.5 Å². The van der Waals surface area contributed by atoms with Crippen LogP contribution in [0.15, 0.2) is 70.8 Å². The van der Waals surface area contributed by atoms with Crippen molar-refractivity contribution >= 4 is 63.0 Å². The number of benzene rings is 2. The predicted molar refractivity (Wildman–Crippen MR) is 141 cm³/mol. The predicted octanol–water partition coefficient (Wildman–Crippen LogP) is 7.41. The van der Waals surface area contributed by atoms with Crippen molar-refractivity contribution < 1.29 is 4.79 Å². The van der Waals surface area contributed by atoms with Crippen LogP contribution < -0.4 is 5.01 Å². The molecule has 0 amide bonds. The molecule has 6 rings (SSSR count). The molecule has 2 atom stereocenters. The molecule has 34 heavy (non-hydrogen) atoms. The van der Waals surface area contributed by atoms with Crippen molar-refractivity contribution in [1.29, 1.82) is 0 Å². The molecule has 1 aromatic heterocycles. The Morgan fingerprint density at radius 1 is 1.06 bits per heavy atom. The number of allylic oxidation sites excluding steroid dienone is 3. The number of fused-ring (bicyclic) bond motifs is 3. The zero-order valence-electron chi connectivity index (χ0n) is 18.3. The molecule has 2 heterocycles. The number of aromatic nitrogens is 1. The molecular formula is C27H22Cl3N3O. The Kier molecular flexibility index (Phi) is 5.56. The number of para-hydroxylation sites is 1. The molecule has 4 nitrogen and oxygen atoms in total. The highest BCUT2D eigenvalue weighted by Crippen LogP contribution is 2.39. The van der Waals surface area contributed by atoms with E-state index in [4.69, 9.17) is 39.9 Å². The Labute approximate surface area is 213 Å². The molecule has 0 radical (unpaired) electrons. The van der Waals surface area contributed by atoms with Crippen LogP contribution in [0, 0.1) is 5.92 Å². The van der Waals surface area contributed by atoms with Gasteiger partial charge in [0.1, 0.15) is 5.71 Å². The van der Waals surface area contributed by atoms with Crippen LogP contribution in [-0.4, -0.2) is 22.2 Å². The zero-order chi connectivity index (χ0) is 23.4. The summed E-state index contributed by atoms with van der Waals surface area (Å²) in [4.78, 5) is 14.0. The standard InChI is InChI=1S/C27H22Cl3N3O/c28-17-10-8-16(9-11-17)26-15-22(31-33(26)25-13-12-18(29)14-21(25)30)27(34)32-23-6-2-1-4-19(23)20-5-3-7-24(20)32/h1-2,4,6,8,10-14,16,26H,3,5,7,9,15H2. The molecule has 0 fully saturated rings. The fourth-order valence-corrected chi connectivity index (χ4v) is 6.14. The quantitative estimate of drug-likeness (QED) is 0.368. The highest BCUT2D eigenvalue weighted by atomic mass is 35.5. The largest absolute Gasteiger partial charge is 0.279 e. The Hall–Kier alpha value is -2.53. The van der Waals surface area contributed by atoms with Crippen LogP contribution in [0.2, 0.25) is 10.0 Å². The van der Waals surface area contributed by atoms with E-state index in [1.54, 1.807) is 12.1 Å². The SMILES string of the molecule is O=C(C1=NN(c2ccc(Cl)cc2Cl)C(C2C=CC(Cl)=CC2)C1)n1c2c(c3ccccc31)CCC2. The van der Waals surface area contributed by atoms with Crippen molar-refractivity contribution in [1.82, 2.24) is 4.57 Å². The topological polar surface area (TPSA) is 37.6 Å². The summed E-state index contributed by atoms with van der Waals surface area (Å²) in [6.07, 6.45) is 10.3. The van der Waals surface area contributed by atoms with Gasteiger partial charge in [-0.2, -0.15) is 5.10 Å². The number of carbonyl (C=O) groups excluding carboxylic acids is 1. The second kappa shape index (κ2) is 8.60. The summed E-state index contributed by atoms with van der Waals surface area (Å²) in [6, 6.07) is 13.5. The minimum atomic E-state index is -0.0511. The van der Waals surface area contributed by atoms with Crippen LogP contribution in [0.4, 0.5) is 5.69 Å². The third-order valence-electron chi connectivity index (χ3n) is 7.06. The van der Waals surface area contributed by atoms with Gasteiger partial charge in [-0.05, 0) is 61.6 Å². The van der Waals surface area contributed by atoms with Crippen LogP contribution in [0.25, 0.3) is 10.9 Å². The number of hydrogen-bond donors (Lipinski definition) is 0. The fraction of sp³-hybridized carbons (Fsp3) is 0.259. The first kappa shape index (κ1) is 22.0. The lowest BCUT2D eigenvalue weighted by Crippen LogP contribution is -2.34. The van der Waals surface area contributed by atoms with E-state index in [-0.39, 0.29) is 17.9 Å². The van der Waals surface area contributed by atoms with Crippen LogP contribution in [-0.2, 0) is 12.8 Å². The van der Waals surface area contributed by atoms with Gasteiger partial charge in [0.25, 0.3) is 5.91 Å². The van der Waals surface area contributed by atoms with Crippen LogP contribution in [0.3, 0.4) is 0 Å². The minimum Gasteiger partial charge on any atom is -0.279 e. The minimum absolute atomic E-state index is 0.0506. The van der Waals surface area contributed by atoms with Crippen molar-refractivity contribution in [3.8, 4) is 0 Å². The van der Waals surface area contributed by atoms with Crippen LogP contribution in [0.5, 0.6) is 0 Å². The Morgan fingerprint density at radius 3 is 2.71 bits per heavy atom. The van der Waals surface area contributed by atoms with Gasteiger partial charge in [-0.25, -0.2) is 0 Å². The number of carbonyl (C=O) groups is 1. The normalized spacial score (nSPS) is 21.7. The van der Waals surface area contributed by atoms with Gasteiger partial charge in [-0.15, -0.1) is 0 Å². The monoisotopic (exact) mass is 509 g/mol. The lowest BCUT2D eigenvalue weighted by atomic mass is 9.89. The highest BCUT2D eigenvalue weighted by molar-refractivity contribution is 6.42.